The molecule has 0 aliphatic rings. The molecule has 0 radical (unpaired) electrons. The van der Waals surface area contributed by atoms with E-state index in [1.165, 1.54) is 13.0 Å². The minimum atomic E-state index is -3.75. The molecule has 1 unspecified atom stereocenters. The van der Waals surface area contributed by atoms with Gasteiger partial charge in [-0.2, -0.15) is 4.72 Å². The van der Waals surface area contributed by atoms with Crippen LogP contribution in [0.3, 0.4) is 0 Å². The van der Waals surface area contributed by atoms with Crippen LogP contribution in [0.5, 0.6) is 0 Å². The van der Waals surface area contributed by atoms with Gasteiger partial charge in [-0.1, -0.05) is 18.2 Å². The smallest absolute Gasteiger partial charge is 0.313 e. The number of aliphatic carboxylic acids is 1. The number of carbonyl (C=O) groups is 2. The number of nitrogens with one attached hydrogen (secondary N) is 2. The number of amides is 1. The molecule has 26 heavy (non-hydrogen) atoms. The number of rotatable bonds is 7. The Balaban J connectivity index is 2.04. The molecule has 1 heterocycles. The molecule has 0 aliphatic heterocycles. The molecule has 0 aliphatic carbocycles. The number of thiophene rings is 1. The zero-order valence-electron chi connectivity index (χ0n) is 14.5. The summed E-state index contributed by atoms with van der Waals surface area (Å²) in [5.41, 5.74) is -0.0110. The number of sulfonamides is 1. The van der Waals surface area contributed by atoms with Crippen LogP contribution in [0, 0.1) is 0 Å². The Morgan fingerprint density at radius 2 is 1.77 bits per heavy atom. The number of carboxylic acids is 1. The molecule has 7 nitrogen and oxygen atoms in total. The summed E-state index contributed by atoms with van der Waals surface area (Å²) in [5, 5.41) is 13.5. The van der Waals surface area contributed by atoms with Crippen molar-refractivity contribution < 1.29 is 23.1 Å². The van der Waals surface area contributed by atoms with Crippen molar-refractivity contribution >= 4 is 38.9 Å². The number of carbonyl (C=O) groups excluding carboxylic acids is 1. The van der Waals surface area contributed by atoms with Crippen molar-refractivity contribution in [3.8, 4) is 0 Å². The van der Waals surface area contributed by atoms with Gasteiger partial charge in [0, 0.05) is 5.69 Å². The van der Waals surface area contributed by atoms with E-state index in [1.54, 1.807) is 49.6 Å². The minimum Gasteiger partial charge on any atom is -0.481 e. The fourth-order valence-electron chi connectivity index (χ4n) is 2.10. The fourth-order valence-corrected chi connectivity index (χ4v) is 4.32. The highest BCUT2D eigenvalue weighted by Gasteiger charge is 2.29. The van der Waals surface area contributed by atoms with Crippen LogP contribution in [-0.4, -0.2) is 31.4 Å². The van der Waals surface area contributed by atoms with E-state index in [1.807, 2.05) is 0 Å². The highest BCUT2D eigenvalue weighted by Crippen LogP contribution is 2.25. The maximum Gasteiger partial charge on any atom is 0.313 e. The molecule has 0 saturated carbocycles. The molecule has 1 aromatic heterocycles. The molecule has 9 heteroatoms. The molecule has 2 rings (SSSR count). The molecule has 1 atom stereocenters. The van der Waals surface area contributed by atoms with E-state index in [2.05, 4.69) is 10.0 Å². The van der Waals surface area contributed by atoms with Gasteiger partial charge in [0.2, 0.25) is 5.91 Å². The van der Waals surface area contributed by atoms with Gasteiger partial charge in [0.15, 0.2) is 0 Å². The van der Waals surface area contributed by atoms with Crippen LogP contribution in [0.1, 0.15) is 26.3 Å². The van der Waals surface area contributed by atoms with Crippen molar-refractivity contribution in [2.75, 3.05) is 5.32 Å². The predicted octanol–water partition coefficient (Wildman–Crippen LogP) is 2.42. The third-order valence-corrected chi connectivity index (χ3v) is 6.83. The van der Waals surface area contributed by atoms with Gasteiger partial charge >= 0.3 is 5.97 Å². The van der Waals surface area contributed by atoms with Gasteiger partial charge in [0.05, 0.1) is 11.5 Å². The van der Waals surface area contributed by atoms with Crippen molar-refractivity contribution in [1.82, 2.24) is 4.72 Å². The fraction of sp³-hybridized carbons (Fsp3) is 0.294. The average molecular weight is 396 g/mol. The summed E-state index contributed by atoms with van der Waals surface area (Å²) in [6.07, 6.45) is 0. The number of hydrogen-bond donors (Lipinski definition) is 3. The largest absolute Gasteiger partial charge is 0.481 e. The van der Waals surface area contributed by atoms with Crippen LogP contribution in [0.2, 0.25) is 0 Å². The highest BCUT2D eigenvalue weighted by molar-refractivity contribution is 7.91. The molecule has 3 N–H and O–H groups in total. The number of anilines is 1. The van der Waals surface area contributed by atoms with E-state index in [4.69, 9.17) is 0 Å². The Hall–Kier alpha value is -2.23. The van der Waals surface area contributed by atoms with Crippen LogP contribution in [0.4, 0.5) is 5.69 Å². The molecule has 1 amide bonds. The molecule has 0 saturated heterocycles. The Kier molecular flexibility index (Phi) is 5.84. The third-order valence-electron chi connectivity index (χ3n) is 3.89. The average Bonchev–Trinajstić information content (AvgIpc) is 3.10. The van der Waals surface area contributed by atoms with Crippen LogP contribution in [0.15, 0.2) is 46.0 Å². The summed E-state index contributed by atoms with van der Waals surface area (Å²) in [6.45, 7) is 4.62. The first-order valence-corrected chi connectivity index (χ1v) is 10.1. The first-order valence-electron chi connectivity index (χ1n) is 7.74. The summed E-state index contributed by atoms with van der Waals surface area (Å²) in [4.78, 5) is 23.5. The lowest BCUT2D eigenvalue weighted by atomic mass is 9.85. The Morgan fingerprint density at radius 3 is 2.27 bits per heavy atom. The van der Waals surface area contributed by atoms with Crippen LogP contribution in [-0.2, 0) is 25.0 Å². The second-order valence-electron chi connectivity index (χ2n) is 6.27. The first-order chi connectivity index (χ1) is 12.0. The summed E-state index contributed by atoms with van der Waals surface area (Å²) < 4.78 is 26.7. The molecular weight excluding hydrogens is 376 g/mol. The highest BCUT2D eigenvalue weighted by atomic mass is 32.2. The van der Waals surface area contributed by atoms with Crippen molar-refractivity contribution in [1.29, 1.82) is 0 Å². The van der Waals surface area contributed by atoms with E-state index >= 15 is 0 Å². The van der Waals surface area contributed by atoms with E-state index in [-0.39, 0.29) is 4.21 Å². The van der Waals surface area contributed by atoms with Crippen LogP contribution in [0.25, 0.3) is 0 Å². The topological polar surface area (TPSA) is 113 Å². The third kappa shape index (κ3) is 4.48. The molecule has 2 aromatic rings. The van der Waals surface area contributed by atoms with Gasteiger partial charge in [-0.3, -0.25) is 9.59 Å². The minimum absolute atomic E-state index is 0.136. The van der Waals surface area contributed by atoms with Gasteiger partial charge in [-0.15, -0.1) is 11.3 Å². The zero-order valence-corrected chi connectivity index (χ0v) is 16.1. The normalized spacial score (nSPS) is 13.2. The summed E-state index contributed by atoms with van der Waals surface area (Å²) >= 11 is 1.06. The Labute approximate surface area is 156 Å². The SMILES string of the molecule is CC(NS(=O)(=O)c1cccs1)C(=O)Nc1ccc(C(C)(C)C(=O)O)cc1. The zero-order chi connectivity index (χ0) is 19.5. The molecule has 0 spiro atoms. The molecule has 140 valence electrons. The number of carboxylic acid groups (broad SMARTS) is 1. The molecule has 1 aromatic carbocycles. The van der Waals surface area contributed by atoms with Crippen LogP contribution < -0.4 is 10.0 Å². The Morgan fingerprint density at radius 1 is 1.15 bits per heavy atom. The summed E-state index contributed by atoms with van der Waals surface area (Å²) in [7, 11) is -3.75. The van der Waals surface area contributed by atoms with Crippen molar-refractivity contribution in [3.05, 3.63) is 47.3 Å². The monoisotopic (exact) mass is 396 g/mol. The molecular formula is C17H20N2O5S2. The maximum absolute atomic E-state index is 12.2. The predicted molar refractivity (Wildman–Crippen MR) is 99.8 cm³/mol. The van der Waals surface area contributed by atoms with Gasteiger partial charge in [0.25, 0.3) is 10.0 Å². The summed E-state index contributed by atoms with van der Waals surface area (Å²) in [5.74, 6) is -1.47. The number of benzene rings is 1. The lowest BCUT2D eigenvalue weighted by Crippen LogP contribution is -2.41. The van der Waals surface area contributed by atoms with Gasteiger partial charge in [-0.25, -0.2) is 8.42 Å². The van der Waals surface area contributed by atoms with Crippen LogP contribution >= 0.6 is 11.3 Å². The van der Waals surface area contributed by atoms with Gasteiger partial charge in [-0.05, 0) is 49.9 Å². The van der Waals surface area contributed by atoms with Gasteiger partial charge in [0.1, 0.15) is 4.21 Å². The lowest BCUT2D eigenvalue weighted by Gasteiger charge is -2.20. The lowest BCUT2D eigenvalue weighted by molar-refractivity contribution is -0.142. The molecule has 0 bridgehead atoms. The van der Waals surface area contributed by atoms with E-state index < -0.39 is 33.4 Å². The second-order valence-corrected chi connectivity index (χ2v) is 9.16. The van der Waals surface area contributed by atoms with Crippen molar-refractivity contribution in [2.24, 2.45) is 0 Å². The second kappa shape index (κ2) is 7.56. The van der Waals surface area contributed by atoms with Crippen molar-refractivity contribution in [2.45, 2.75) is 36.4 Å². The first kappa shape index (κ1) is 20.1. The maximum atomic E-state index is 12.2. The van der Waals surface area contributed by atoms with E-state index in [0.717, 1.165) is 11.3 Å². The van der Waals surface area contributed by atoms with Crippen molar-refractivity contribution in [3.63, 3.8) is 0 Å². The number of hydrogen-bond acceptors (Lipinski definition) is 5. The van der Waals surface area contributed by atoms with E-state index in [9.17, 15) is 23.1 Å². The quantitative estimate of drug-likeness (QED) is 0.665. The van der Waals surface area contributed by atoms with E-state index in [0.29, 0.717) is 11.3 Å². The summed E-state index contributed by atoms with van der Waals surface area (Å²) in [6, 6.07) is 8.49. The van der Waals surface area contributed by atoms with Gasteiger partial charge < -0.3 is 10.4 Å². The Bertz CT molecular complexity index is 888. The molecule has 0 fully saturated rings. The standard InChI is InChI=1S/C17H20N2O5S2/c1-11(19-26(23,24)14-5-4-10-25-14)15(20)18-13-8-6-12(7-9-13)17(2,3)16(21)22/h4-11,19H,1-3H3,(H,18,20)(H,21,22).